The molecule has 1 amide bonds. The Bertz CT molecular complexity index is 1520. The zero-order valence-electron chi connectivity index (χ0n) is 17.5. The number of para-hydroxylation sites is 1. The first kappa shape index (κ1) is 20.1. The lowest BCUT2D eigenvalue weighted by Gasteiger charge is -2.19. The van der Waals surface area contributed by atoms with Crippen molar-refractivity contribution in [2.45, 2.75) is 20.4 Å². The number of rotatable bonds is 4. The lowest BCUT2D eigenvalue weighted by atomic mass is 10.1. The molecule has 0 N–H and O–H groups in total. The number of nitrogens with zero attached hydrogens (tertiary/aromatic N) is 3. The monoisotopic (exact) mass is 441 g/mol. The topological polar surface area (TPSA) is 76.3 Å². The van der Waals surface area contributed by atoms with Crippen molar-refractivity contribution in [2.24, 2.45) is 0 Å². The second-order valence-corrected chi connectivity index (χ2v) is 8.66. The zero-order chi connectivity index (χ0) is 22.2. The molecular formula is C25H19N3O3S. The fourth-order valence-corrected chi connectivity index (χ4v) is 4.86. The highest BCUT2D eigenvalue weighted by atomic mass is 32.1. The third kappa shape index (κ3) is 3.67. The maximum atomic E-state index is 13.6. The van der Waals surface area contributed by atoms with Crippen LogP contribution < -0.4 is 10.3 Å². The van der Waals surface area contributed by atoms with Crippen LogP contribution in [0, 0.1) is 13.8 Å². The number of carbonyl (C=O) groups is 1. The third-order valence-corrected chi connectivity index (χ3v) is 6.23. The van der Waals surface area contributed by atoms with E-state index in [1.165, 1.54) is 17.4 Å². The molecule has 0 aliphatic heterocycles. The fourth-order valence-electron chi connectivity index (χ4n) is 3.72. The summed E-state index contributed by atoms with van der Waals surface area (Å²) in [6.07, 6.45) is 3.39. The standard InChI is InChI=1S/C25H19N3O3S/c1-15-10-16(2)23-22(11-15)32-25(27-23)28(14-17-6-5-9-26-13-17)24(30)21-12-19(29)18-7-3-4-8-20(18)31-21/h3-13H,14H2,1-2H3. The molecule has 32 heavy (non-hydrogen) atoms. The van der Waals surface area contributed by atoms with Gasteiger partial charge in [-0.1, -0.05) is 35.6 Å². The molecule has 2 aromatic carbocycles. The summed E-state index contributed by atoms with van der Waals surface area (Å²) in [4.78, 5) is 36.7. The van der Waals surface area contributed by atoms with E-state index < -0.39 is 5.91 Å². The molecule has 0 aliphatic rings. The highest BCUT2D eigenvalue weighted by molar-refractivity contribution is 7.22. The normalized spacial score (nSPS) is 11.2. The van der Waals surface area contributed by atoms with Gasteiger partial charge in [-0.15, -0.1) is 0 Å². The van der Waals surface area contributed by atoms with Gasteiger partial charge in [-0.25, -0.2) is 4.98 Å². The van der Waals surface area contributed by atoms with Crippen LogP contribution in [0.5, 0.6) is 0 Å². The molecule has 3 aromatic heterocycles. The predicted octanol–water partition coefficient (Wildman–Crippen LogP) is 5.26. The number of carbonyl (C=O) groups excluding carboxylic acids is 1. The van der Waals surface area contributed by atoms with Crippen LogP contribution in [-0.4, -0.2) is 15.9 Å². The van der Waals surface area contributed by atoms with Gasteiger partial charge in [-0.2, -0.15) is 0 Å². The highest BCUT2D eigenvalue weighted by Gasteiger charge is 2.25. The number of aromatic nitrogens is 2. The van der Waals surface area contributed by atoms with Gasteiger partial charge in [0, 0.05) is 18.5 Å². The van der Waals surface area contributed by atoms with Gasteiger partial charge in [0.05, 0.1) is 22.1 Å². The number of benzene rings is 2. The second kappa shape index (κ2) is 8.01. The van der Waals surface area contributed by atoms with Crippen LogP contribution in [0.2, 0.25) is 0 Å². The minimum atomic E-state index is -0.426. The smallest absolute Gasteiger partial charge is 0.296 e. The number of anilines is 1. The van der Waals surface area contributed by atoms with E-state index in [-0.39, 0.29) is 17.7 Å². The molecule has 6 nitrogen and oxygen atoms in total. The Morgan fingerprint density at radius 3 is 2.75 bits per heavy atom. The Morgan fingerprint density at radius 1 is 1.09 bits per heavy atom. The van der Waals surface area contributed by atoms with E-state index in [4.69, 9.17) is 9.40 Å². The van der Waals surface area contributed by atoms with Crippen LogP contribution in [0.1, 0.15) is 27.2 Å². The Labute approximate surface area is 187 Å². The first-order valence-electron chi connectivity index (χ1n) is 10.1. The molecule has 0 unspecified atom stereocenters. The van der Waals surface area contributed by atoms with Crippen LogP contribution in [0.3, 0.4) is 0 Å². The van der Waals surface area contributed by atoms with Crippen molar-refractivity contribution in [1.29, 1.82) is 0 Å². The van der Waals surface area contributed by atoms with E-state index in [1.807, 2.05) is 26.0 Å². The largest absolute Gasteiger partial charge is 0.451 e. The molecule has 7 heteroatoms. The van der Waals surface area contributed by atoms with Gasteiger partial charge >= 0.3 is 0 Å². The van der Waals surface area contributed by atoms with Gasteiger partial charge in [-0.05, 0) is 54.8 Å². The molecule has 5 aromatic rings. The summed E-state index contributed by atoms with van der Waals surface area (Å²) in [5.74, 6) is -0.449. The quantitative estimate of drug-likeness (QED) is 0.380. The summed E-state index contributed by atoms with van der Waals surface area (Å²) in [6, 6.07) is 16.0. The number of hydrogen-bond donors (Lipinski definition) is 0. The molecule has 0 spiro atoms. The molecule has 0 saturated heterocycles. The predicted molar refractivity (Wildman–Crippen MR) is 126 cm³/mol. The Morgan fingerprint density at radius 2 is 1.94 bits per heavy atom. The molecule has 0 atom stereocenters. The summed E-state index contributed by atoms with van der Waals surface area (Å²) >= 11 is 1.44. The average molecular weight is 442 g/mol. The summed E-state index contributed by atoms with van der Waals surface area (Å²) in [6.45, 7) is 4.30. The van der Waals surface area contributed by atoms with Crippen LogP contribution in [0.25, 0.3) is 21.2 Å². The van der Waals surface area contributed by atoms with E-state index in [9.17, 15) is 9.59 Å². The fraction of sp³-hybridized carbons (Fsp3) is 0.120. The lowest BCUT2D eigenvalue weighted by Crippen LogP contribution is -2.31. The van der Waals surface area contributed by atoms with Crippen molar-refractivity contribution in [1.82, 2.24) is 9.97 Å². The molecule has 0 saturated carbocycles. The molecular weight excluding hydrogens is 422 g/mol. The molecule has 0 bridgehead atoms. The minimum Gasteiger partial charge on any atom is -0.451 e. The van der Waals surface area contributed by atoms with E-state index in [0.29, 0.717) is 16.1 Å². The first-order chi connectivity index (χ1) is 15.5. The molecule has 3 heterocycles. The van der Waals surface area contributed by atoms with Crippen LogP contribution in [0.15, 0.2) is 76.2 Å². The number of amides is 1. The minimum absolute atomic E-state index is 0.0234. The first-order valence-corrected chi connectivity index (χ1v) is 10.9. The molecule has 0 aliphatic carbocycles. The number of aryl methyl sites for hydroxylation is 2. The summed E-state index contributed by atoms with van der Waals surface area (Å²) in [7, 11) is 0. The van der Waals surface area contributed by atoms with Crippen LogP contribution >= 0.6 is 11.3 Å². The maximum absolute atomic E-state index is 13.6. The van der Waals surface area contributed by atoms with Gasteiger partial charge < -0.3 is 4.42 Å². The third-order valence-electron chi connectivity index (χ3n) is 5.20. The van der Waals surface area contributed by atoms with Crippen molar-refractivity contribution >= 4 is 43.6 Å². The van der Waals surface area contributed by atoms with E-state index in [0.717, 1.165) is 26.9 Å². The van der Waals surface area contributed by atoms with Gasteiger partial charge in [0.25, 0.3) is 5.91 Å². The maximum Gasteiger partial charge on any atom is 0.296 e. The van der Waals surface area contributed by atoms with E-state index in [1.54, 1.807) is 41.6 Å². The van der Waals surface area contributed by atoms with E-state index >= 15 is 0 Å². The zero-order valence-corrected chi connectivity index (χ0v) is 18.3. The van der Waals surface area contributed by atoms with Crippen LogP contribution in [0.4, 0.5) is 5.13 Å². The number of pyridine rings is 1. The van der Waals surface area contributed by atoms with Crippen molar-refractivity contribution in [3.8, 4) is 0 Å². The van der Waals surface area contributed by atoms with Gasteiger partial charge in [0.1, 0.15) is 5.58 Å². The van der Waals surface area contributed by atoms with Gasteiger partial charge in [0.2, 0.25) is 0 Å². The van der Waals surface area contributed by atoms with Crippen molar-refractivity contribution in [3.05, 3.63) is 99.7 Å². The van der Waals surface area contributed by atoms with Crippen molar-refractivity contribution in [2.75, 3.05) is 4.90 Å². The number of thiazole rings is 1. The lowest BCUT2D eigenvalue weighted by molar-refractivity contribution is 0.0959. The number of hydrogen-bond acceptors (Lipinski definition) is 6. The number of fused-ring (bicyclic) bond motifs is 2. The summed E-state index contributed by atoms with van der Waals surface area (Å²) < 4.78 is 6.83. The molecule has 158 valence electrons. The van der Waals surface area contributed by atoms with E-state index in [2.05, 4.69) is 17.1 Å². The van der Waals surface area contributed by atoms with Crippen LogP contribution in [-0.2, 0) is 6.54 Å². The molecule has 0 radical (unpaired) electrons. The highest BCUT2D eigenvalue weighted by Crippen LogP contribution is 2.33. The Hall–Kier alpha value is -3.84. The van der Waals surface area contributed by atoms with Crippen molar-refractivity contribution in [3.63, 3.8) is 0 Å². The average Bonchev–Trinajstić information content (AvgIpc) is 3.22. The SMILES string of the molecule is Cc1cc(C)c2nc(N(Cc3cccnc3)C(=O)c3cc(=O)c4ccccc4o3)sc2c1. The molecule has 0 fully saturated rings. The van der Waals surface area contributed by atoms with Gasteiger partial charge in [0.15, 0.2) is 16.3 Å². The second-order valence-electron chi connectivity index (χ2n) is 7.65. The van der Waals surface area contributed by atoms with Gasteiger partial charge in [-0.3, -0.25) is 19.5 Å². The summed E-state index contributed by atoms with van der Waals surface area (Å²) in [5.41, 5.74) is 4.01. The Balaban J connectivity index is 1.64. The molecule has 5 rings (SSSR count). The van der Waals surface area contributed by atoms with Crippen molar-refractivity contribution < 1.29 is 9.21 Å². The Kier molecular flexibility index (Phi) is 5.03. The summed E-state index contributed by atoms with van der Waals surface area (Å²) in [5, 5.41) is 0.979.